The number of amides is 1. The molecule has 0 aromatic heterocycles. The summed E-state index contributed by atoms with van der Waals surface area (Å²) in [5.41, 5.74) is -0.705. The summed E-state index contributed by atoms with van der Waals surface area (Å²) in [5.74, 6) is -1.03. The van der Waals surface area contributed by atoms with Crippen LogP contribution in [-0.2, 0) is 20.8 Å². The second kappa shape index (κ2) is 10.3. The van der Waals surface area contributed by atoms with E-state index in [1.165, 1.54) is 36.4 Å². The highest BCUT2D eigenvalue weighted by molar-refractivity contribution is 7.91. The molecule has 1 heterocycles. The Bertz CT molecular complexity index is 1340. The molecule has 4 rings (SSSR count). The molecule has 2 atom stereocenters. The van der Waals surface area contributed by atoms with E-state index in [-0.39, 0.29) is 22.0 Å². The number of halogens is 4. The van der Waals surface area contributed by atoms with Crippen LogP contribution in [0.3, 0.4) is 0 Å². The predicted octanol–water partition coefficient (Wildman–Crippen LogP) is 4.98. The number of ether oxygens (including phenoxy) is 1. The van der Waals surface area contributed by atoms with Gasteiger partial charge < -0.3 is 15.4 Å². The van der Waals surface area contributed by atoms with Crippen LogP contribution in [0.5, 0.6) is 11.5 Å². The quantitative estimate of drug-likeness (QED) is 0.428. The third-order valence-electron chi connectivity index (χ3n) is 5.66. The lowest BCUT2D eigenvalue weighted by Crippen LogP contribution is -2.44. The van der Waals surface area contributed by atoms with Gasteiger partial charge >= 0.3 is 6.18 Å². The van der Waals surface area contributed by atoms with Gasteiger partial charge in [-0.1, -0.05) is 18.2 Å². The van der Waals surface area contributed by atoms with Crippen molar-refractivity contribution >= 4 is 15.7 Å². The lowest BCUT2D eigenvalue weighted by Gasteiger charge is -2.22. The highest BCUT2D eigenvalue weighted by Crippen LogP contribution is 2.33. The standard InChI is InChI=1S/C25H22F4N2O4S/c26-18-5-2-7-21(15-18)36(33,34)24(31-23(32)22-8-3-13-30-22)16-4-1-6-20(14-16)35-19-11-9-17(10-12-19)25(27,28)29/h1-2,4-7,9-12,14-15,22,24,30H,3,8,13H2,(H,31,32)/t22?,24-/m0/s1. The Balaban J connectivity index is 1.66. The molecule has 36 heavy (non-hydrogen) atoms. The van der Waals surface area contributed by atoms with Gasteiger partial charge in [-0.05, 0) is 79.5 Å². The third-order valence-corrected chi connectivity index (χ3v) is 7.58. The molecule has 0 spiro atoms. The van der Waals surface area contributed by atoms with Crippen molar-refractivity contribution in [1.29, 1.82) is 0 Å². The summed E-state index contributed by atoms with van der Waals surface area (Å²) >= 11 is 0. The van der Waals surface area contributed by atoms with Crippen LogP contribution in [0.25, 0.3) is 0 Å². The molecule has 1 unspecified atom stereocenters. The Kier molecular flexibility index (Phi) is 7.32. The molecule has 11 heteroatoms. The SMILES string of the molecule is O=C(N[C@H](c1cccc(Oc2ccc(C(F)(F)F)cc2)c1)S(=O)(=O)c1cccc(F)c1)C1CCCN1. The van der Waals surface area contributed by atoms with Crippen LogP contribution in [0.1, 0.15) is 29.3 Å². The Hall–Kier alpha value is -3.44. The van der Waals surface area contributed by atoms with Crippen molar-refractivity contribution < 1.29 is 35.5 Å². The summed E-state index contributed by atoms with van der Waals surface area (Å²) in [6.45, 7) is 0.621. The average molecular weight is 523 g/mol. The second-order valence-electron chi connectivity index (χ2n) is 8.24. The van der Waals surface area contributed by atoms with Gasteiger partial charge in [0.1, 0.15) is 17.3 Å². The van der Waals surface area contributed by atoms with Gasteiger partial charge in [-0.25, -0.2) is 12.8 Å². The molecular formula is C25H22F4N2O4S. The van der Waals surface area contributed by atoms with Gasteiger partial charge in [0.25, 0.3) is 0 Å². The molecule has 2 N–H and O–H groups in total. The van der Waals surface area contributed by atoms with E-state index in [1.807, 2.05) is 0 Å². The van der Waals surface area contributed by atoms with E-state index in [4.69, 9.17) is 4.74 Å². The fourth-order valence-corrected chi connectivity index (χ4v) is 5.44. The van der Waals surface area contributed by atoms with Gasteiger partial charge in [0.05, 0.1) is 16.5 Å². The van der Waals surface area contributed by atoms with Gasteiger partial charge in [-0.3, -0.25) is 4.79 Å². The lowest BCUT2D eigenvalue weighted by atomic mass is 10.1. The molecule has 1 amide bonds. The van der Waals surface area contributed by atoms with E-state index in [1.54, 1.807) is 0 Å². The number of hydrogen-bond donors (Lipinski definition) is 2. The smallest absolute Gasteiger partial charge is 0.416 e. The van der Waals surface area contributed by atoms with Crippen molar-refractivity contribution in [3.63, 3.8) is 0 Å². The molecule has 3 aromatic carbocycles. The van der Waals surface area contributed by atoms with Gasteiger partial charge in [-0.2, -0.15) is 13.2 Å². The first-order valence-electron chi connectivity index (χ1n) is 11.0. The summed E-state index contributed by atoms with van der Waals surface area (Å²) in [7, 11) is -4.29. The number of hydrogen-bond acceptors (Lipinski definition) is 5. The molecule has 190 valence electrons. The summed E-state index contributed by atoms with van der Waals surface area (Å²) in [4.78, 5) is 12.5. The molecule has 1 fully saturated rings. The summed E-state index contributed by atoms with van der Waals surface area (Å²) < 4.78 is 84.9. The normalized spacial score (nSPS) is 16.9. The monoisotopic (exact) mass is 522 g/mol. The lowest BCUT2D eigenvalue weighted by molar-refractivity contribution is -0.137. The highest BCUT2D eigenvalue weighted by atomic mass is 32.2. The molecule has 0 bridgehead atoms. The molecule has 0 radical (unpaired) electrons. The molecule has 0 aliphatic carbocycles. The third kappa shape index (κ3) is 5.85. The summed E-state index contributed by atoms with van der Waals surface area (Å²) in [6.07, 6.45) is -3.20. The van der Waals surface area contributed by atoms with Crippen LogP contribution in [0, 0.1) is 5.82 Å². The molecular weight excluding hydrogens is 500 g/mol. The van der Waals surface area contributed by atoms with Crippen molar-refractivity contribution in [1.82, 2.24) is 10.6 Å². The minimum absolute atomic E-state index is 0.101. The Morgan fingerprint density at radius 2 is 1.72 bits per heavy atom. The van der Waals surface area contributed by atoms with E-state index in [2.05, 4.69) is 10.6 Å². The Morgan fingerprint density at radius 3 is 2.36 bits per heavy atom. The van der Waals surface area contributed by atoms with E-state index in [9.17, 15) is 30.8 Å². The maximum absolute atomic E-state index is 13.8. The second-order valence-corrected chi connectivity index (χ2v) is 10.3. The zero-order valence-electron chi connectivity index (χ0n) is 18.8. The zero-order valence-corrected chi connectivity index (χ0v) is 19.6. The van der Waals surface area contributed by atoms with Crippen LogP contribution in [-0.4, -0.2) is 26.9 Å². The van der Waals surface area contributed by atoms with Crippen molar-refractivity contribution in [3.8, 4) is 11.5 Å². The molecule has 3 aromatic rings. The minimum atomic E-state index is -4.50. The van der Waals surface area contributed by atoms with Crippen molar-refractivity contribution in [2.24, 2.45) is 0 Å². The van der Waals surface area contributed by atoms with E-state index in [0.717, 1.165) is 42.8 Å². The largest absolute Gasteiger partial charge is 0.457 e. The first-order valence-corrected chi connectivity index (χ1v) is 12.6. The molecule has 0 saturated carbocycles. The number of benzene rings is 3. The van der Waals surface area contributed by atoms with Crippen molar-refractivity contribution in [2.45, 2.75) is 35.3 Å². The summed E-state index contributed by atoms with van der Waals surface area (Å²) in [5, 5.41) is 3.99. The zero-order chi connectivity index (χ0) is 25.9. The molecule has 1 aliphatic rings. The Morgan fingerprint density at radius 1 is 1.00 bits per heavy atom. The number of nitrogens with one attached hydrogen (secondary N) is 2. The van der Waals surface area contributed by atoms with E-state index < -0.39 is 44.7 Å². The van der Waals surface area contributed by atoms with E-state index in [0.29, 0.717) is 13.0 Å². The molecule has 1 saturated heterocycles. The maximum Gasteiger partial charge on any atom is 0.416 e. The van der Waals surface area contributed by atoms with Crippen LogP contribution < -0.4 is 15.4 Å². The van der Waals surface area contributed by atoms with Gasteiger partial charge in [0.2, 0.25) is 15.7 Å². The fraction of sp³-hybridized carbons (Fsp3) is 0.240. The van der Waals surface area contributed by atoms with Crippen molar-refractivity contribution in [2.75, 3.05) is 6.54 Å². The maximum atomic E-state index is 13.8. The topological polar surface area (TPSA) is 84.5 Å². The fourth-order valence-electron chi connectivity index (χ4n) is 3.85. The number of carbonyl (C=O) groups is 1. The minimum Gasteiger partial charge on any atom is -0.457 e. The van der Waals surface area contributed by atoms with Crippen LogP contribution >= 0.6 is 0 Å². The number of rotatable bonds is 7. The highest BCUT2D eigenvalue weighted by Gasteiger charge is 2.34. The van der Waals surface area contributed by atoms with Gasteiger partial charge in [-0.15, -0.1) is 0 Å². The summed E-state index contributed by atoms with van der Waals surface area (Å²) in [6, 6.07) is 13.7. The molecule has 6 nitrogen and oxygen atoms in total. The van der Waals surface area contributed by atoms with Crippen LogP contribution in [0.15, 0.2) is 77.7 Å². The van der Waals surface area contributed by atoms with Crippen LogP contribution in [0.2, 0.25) is 0 Å². The molecule has 1 aliphatic heterocycles. The van der Waals surface area contributed by atoms with E-state index >= 15 is 0 Å². The van der Waals surface area contributed by atoms with Crippen molar-refractivity contribution in [3.05, 3.63) is 89.7 Å². The number of carbonyl (C=O) groups excluding carboxylic acids is 1. The van der Waals surface area contributed by atoms with Crippen LogP contribution in [0.4, 0.5) is 17.6 Å². The van der Waals surface area contributed by atoms with Gasteiger partial charge in [0.15, 0.2) is 5.37 Å². The van der Waals surface area contributed by atoms with Gasteiger partial charge in [0, 0.05) is 0 Å². The first kappa shape index (κ1) is 25.6. The predicted molar refractivity (Wildman–Crippen MR) is 123 cm³/mol. The Labute approximate surface area is 205 Å². The number of sulfone groups is 1. The number of alkyl halides is 3. The first-order chi connectivity index (χ1) is 17.0. The average Bonchev–Trinajstić information content (AvgIpc) is 3.37.